The quantitative estimate of drug-likeness (QED) is 0.288. The lowest BCUT2D eigenvalue weighted by molar-refractivity contribution is 0.0956. The van der Waals surface area contributed by atoms with Crippen molar-refractivity contribution in [3.05, 3.63) is 99.1 Å². The minimum Gasteiger partial charge on any atom is -0.395 e. The van der Waals surface area contributed by atoms with Gasteiger partial charge in [0.05, 0.1) is 35.6 Å². The van der Waals surface area contributed by atoms with Crippen LogP contribution in [0.25, 0.3) is 0 Å². The zero-order chi connectivity index (χ0) is 26.3. The van der Waals surface area contributed by atoms with Gasteiger partial charge in [-0.25, -0.2) is 13.8 Å². The van der Waals surface area contributed by atoms with Crippen LogP contribution in [0.15, 0.2) is 65.8 Å². The fraction of sp³-hybridized carbons (Fsp3) is 0.192. The van der Waals surface area contributed by atoms with Gasteiger partial charge >= 0.3 is 0 Å². The van der Waals surface area contributed by atoms with Crippen LogP contribution in [-0.2, 0) is 15.6 Å². The van der Waals surface area contributed by atoms with Crippen molar-refractivity contribution in [2.45, 2.75) is 19.6 Å². The number of carbonyl (C=O) groups excluding carboxylic acids is 2. The number of nitrogens with zero attached hydrogens (tertiary/aromatic N) is 1. The molecule has 0 aliphatic carbocycles. The van der Waals surface area contributed by atoms with Gasteiger partial charge in [0.25, 0.3) is 11.8 Å². The predicted octanol–water partition coefficient (Wildman–Crippen LogP) is 3.88. The van der Waals surface area contributed by atoms with E-state index in [4.69, 9.17) is 16.7 Å². The van der Waals surface area contributed by atoms with Crippen molar-refractivity contribution in [2.24, 2.45) is 5.10 Å². The molecular formula is C26H26ClN3O5S. The molecule has 3 rings (SSSR count). The number of nitrogens with one attached hydrogen (secondary N) is 2. The van der Waals surface area contributed by atoms with Gasteiger partial charge in [-0.2, -0.15) is 5.10 Å². The third-order valence-corrected chi connectivity index (χ3v) is 7.18. The average Bonchev–Trinajstić information content (AvgIpc) is 2.82. The maximum atomic E-state index is 12.9. The first-order valence-corrected chi connectivity index (χ1v) is 13.2. The summed E-state index contributed by atoms with van der Waals surface area (Å²) in [5.41, 5.74) is 6.44. The van der Waals surface area contributed by atoms with Gasteiger partial charge in [-0.05, 0) is 66.4 Å². The second-order valence-corrected chi connectivity index (χ2v) is 10.8. The number of hydrazone groups is 1. The summed E-state index contributed by atoms with van der Waals surface area (Å²) in [6.45, 7) is 3.51. The van der Waals surface area contributed by atoms with Gasteiger partial charge in [0, 0.05) is 10.6 Å². The Bertz CT molecular complexity index is 1420. The number of carbonyl (C=O) groups is 2. The maximum Gasteiger partial charge on any atom is 0.273 e. The maximum absolute atomic E-state index is 12.9. The first-order valence-electron chi connectivity index (χ1n) is 11.0. The van der Waals surface area contributed by atoms with E-state index in [2.05, 4.69) is 15.8 Å². The third kappa shape index (κ3) is 7.48. The average molecular weight is 528 g/mol. The standard InChI is InChI=1S/C26H26ClN3O5S/c1-17-6-7-19(12-18(17)2)15-28-30-26(33)23-14-22(27)8-9-24(23)29-25(32)21-5-3-4-20(13-21)16-36(34,35)11-10-31/h3-9,12-15,31H,10-11,16H2,1-2H3,(H,29,32)(H,30,33)/b28-15+. The number of benzene rings is 3. The van der Waals surface area contributed by atoms with Gasteiger partial charge in [0.15, 0.2) is 9.84 Å². The number of halogens is 1. The zero-order valence-corrected chi connectivity index (χ0v) is 21.4. The van der Waals surface area contributed by atoms with Gasteiger partial charge in [-0.15, -0.1) is 0 Å². The fourth-order valence-corrected chi connectivity index (χ4v) is 4.63. The van der Waals surface area contributed by atoms with Crippen LogP contribution in [0.4, 0.5) is 5.69 Å². The highest BCUT2D eigenvalue weighted by Crippen LogP contribution is 2.22. The number of rotatable bonds is 9. The lowest BCUT2D eigenvalue weighted by atomic mass is 10.1. The highest BCUT2D eigenvalue weighted by atomic mass is 35.5. The van der Waals surface area contributed by atoms with Gasteiger partial charge < -0.3 is 10.4 Å². The minimum atomic E-state index is -3.51. The molecule has 0 fully saturated rings. The summed E-state index contributed by atoms with van der Waals surface area (Å²) in [6.07, 6.45) is 1.52. The summed E-state index contributed by atoms with van der Waals surface area (Å²) < 4.78 is 24.0. The monoisotopic (exact) mass is 527 g/mol. The van der Waals surface area contributed by atoms with Crippen molar-refractivity contribution in [2.75, 3.05) is 17.7 Å². The van der Waals surface area contributed by atoms with Gasteiger partial charge in [-0.3, -0.25) is 9.59 Å². The van der Waals surface area contributed by atoms with Crippen LogP contribution in [0.3, 0.4) is 0 Å². The molecule has 0 saturated heterocycles. The van der Waals surface area contributed by atoms with Crippen molar-refractivity contribution >= 4 is 45.2 Å². The van der Waals surface area contributed by atoms with Crippen molar-refractivity contribution in [1.82, 2.24) is 5.43 Å². The molecule has 0 heterocycles. The number of amides is 2. The van der Waals surface area contributed by atoms with E-state index in [1.807, 2.05) is 32.0 Å². The molecule has 2 amide bonds. The molecule has 3 aromatic carbocycles. The number of anilines is 1. The summed E-state index contributed by atoms with van der Waals surface area (Å²) in [7, 11) is -3.51. The molecule has 188 valence electrons. The van der Waals surface area contributed by atoms with Crippen LogP contribution in [0.1, 0.15) is 43.0 Å². The van der Waals surface area contributed by atoms with E-state index in [-0.39, 0.29) is 28.3 Å². The SMILES string of the molecule is Cc1ccc(/C=N/NC(=O)c2cc(Cl)ccc2NC(=O)c2cccc(CS(=O)(=O)CCO)c2)cc1C. The number of hydrogen-bond acceptors (Lipinski definition) is 6. The topological polar surface area (TPSA) is 125 Å². The molecule has 0 saturated carbocycles. The van der Waals surface area contributed by atoms with E-state index < -0.39 is 28.3 Å². The highest BCUT2D eigenvalue weighted by molar-refractivity contribution is 7.90. The summed E-state index contributed by atoms with van der Waals surface area (Å²) in [5.74, 6) is -1.77. The second kappa shape index (κ2) is 11.9. The fourth-order valence-electron chi connectivity index (χ4n) is 3.35. The molecule has 8 nitrogen and oxygen atoms in total. The smallest absolute Gasteiger partial charge is 0.273 e. The molecule has 36 heavy (non-hydrogen) atoms. The van der Waals surface area contributed by atoms with Crippen molar-refractivity contribution in [3.8, 4) is 0 Å². The van der Waals surface area contributed by atoms with E-state index in [1.54, 1.807) is 12.1 Å². The summed E-state index contributed by atoms with van der Waals surface area (Å²) >= 11 is 6.08. The Morgan fingerprint density at radius 1 is 1.00 bits per heavy atom. The van der Waals surface area contributed by atoms with E-state index >= 15 is 0 Å². The van der Waals surface area contributed by atoms with Crippen LogP contribution in [0.5, 0.6) is 0 Å². The Balaban J connectivity index is 1.76. The molecule has 0 radical (unpaired) electrons. The molecule has 10 heteroatoms. The zero-order valence-electron chi connectivity index (χ0n) is 19.8. The Morgan fingerprint density at radius 3 is 2.50 bits per heavy atom. The van der Waals surface area contributed by atoms with E-state index in [0.717, 1.165) is 16.7 Å². The van der Waals surface area contributed by atoms with Crippen LogP contribution >= 0.6 is 11.6 Å². The lowest BCUT2D eigenvalue weighted by Crippen LogP contribution is -2.21. The van der Waals surface area contributed by atoms with Crippen LogP contribution in [0.2, 0.25) is 5.02 Å². The first kappa shape index (κ1) is 27.1. The Morgan fingerprint density at radius 2 is 1.78 bits per heavy atom. The van der Waals surface area contributed by atoms with Crippen LogP contribution in [-0.4, -0.2) is 43.9 Å². The molecule has 0 aliphatic heterocycles. The van der Waals surface area contributed by atoms with Gasteiger partial charge in [0.1, 0.15) is 0 Å². The Kier molecular flexibility index (Phi) is 8.98. The predicted molar refractivity (Wildman–Crippen MR) is 141 cm³/mol. The number of hydrogen-bond donors (Lipinski definition) is 3. The Hall–Kier alpha value is -3.53. The molecule has 0 unspecified atom stereocenters. The third-order valence-electron chi connectivity index (χ3n) is 5.36. The summed E-state index contributed by atoms with van der Waals surface area (Å²) in [4.78, 5) is 25.7. The van der Waals surface area contributed by atoms with Gasteiger partial charge in [-0.1, -0.05) is 41.9 Å². The van der Waals surface area contributed by atoms with Gasteiger partial charge in [0.2, 0.25) is 0 Å². The largest absolute Gasteiger partial charge is 0.395 e. The minimum absolute atomic E-state index is 0.106. The normalized spacial score (nSPS) is 11.4. The molecular weight excluding hydrogens is 502 g/mol. The highest BCUT2D eigenvalue weighted by Gasteiger charge is 2.17. The molecule has 3 N–H and O–H groups in total. The van der Waals surface area contributed by atoms with Crippen LogP contribution < -0.4 is 10.7 Å². The first-order chi connectivity index (χ1) is 17.1. The molecule has 0 aliphatic rings. The van der Waals surface area contributed by atoms with Crippen molar-refractivity contribution < 1.29 is 23.1 Å². The van der Waals surface area contributed by atoms with Crippen LogP contribution in [0, 0.1) is 13.8 Å². The number of sulfone groups is 1. The van der Waals surface area contributed by atoms with E-state index in [9.17, 15) is 18.0 Å². The van der Waals surface area contributed by atoms with Crippen molar-refractivity contribution in [1.29, 1.82) is 0 Å². The molecule has 3 aromatic rings. The summed E-state index contributed by atoms with van der Waals surface area (Å²) in [6, 6.07) is 16.4. The van der Waals surface area contributed by atoms with E-state index in [0.29, 0.717) is 10.6 Å². The van der Waals surface area contributed by atoms with E-state index in [1.165, 1.54) is 36.5 Å². The lowest BCUT2D eigenvalue weighted by Gasteiger charge is -2.11. The molecule has 0 aromatic heterocycles. The molecule has 0 bridgehead atoms. The number of aliphatic hydroxyl groups excluding tert-OH is 1. The molecule has 0 atom stereocenters. The second-order valence-electron chi connectivity index (χ2n) is 8.20. The Labute approximate surface area is 214 Å². The van der Waals surface area contributed by atoms with Crippen molar-refractivity contribution in [3.63, 3.8) is 0 Å². The number of aryl methyl sites for hydroxylation is 2. The summed E-state index contributed by atoms with van der Waals surface area (Å²) in [5, 5.41) is 15.9. The number of aliphatic hydroxyl groups is 1. The molecule has 0 spiro atoms.